The molecular formula is C12H17N3. The Bertz CT molecular complexity index is 337. The fourth-order valence-corrected chi connectivity index (χ4v) is 1.87. The van der Waals surface area contributed by atoms with E-state index in [-0.39, 0.29) is 0 Å². The van der Waals surface area contributed by atoms with E-state index in [1.54, 1.807) is 0 Å². The second-order valence-corrected chi connectivity index (χ2v) is 4.62. The van der Waals surface area contributed by atoms with Gasteiger partial charge in [0.15, 0.2) is 0 Å². The van der Waals surface area contributed by atoms with Gasteiger partial charge in [-0.3, -0.25) is 0 Å². The molecule has 0 aromatic carbocycles. The molecule has 3 rings (SSSR count). The molecule has 1 heterocycles. The van der Waals surface area contributed by atoms with Crippen LogP contribution in [0.5, 0.6) is 0 Å². The van der Waals surface area contributed by atoms with Crippen molar-refractivity contribution in [3.63, 3.8) is 0 Å². The van der Waals surface area contributed by atoms with Crippen molar-refractivity contribution in [1.82, 2.24) is 9.97 Å². The van der Waals surface area contributed by atoms with Gasteiger partial charge in [0.25, 0.3) is 0 Å². The van der Waals surface area contributed by atoms with E-state index in [2.05, 4.69) is 28.3 Å². The van der Waals surface area contributed by atoms with Crippen molar-refractivity contribution in [2.45, 2.75) is 44.4 Å². The van der Waals surface area contributed by atoms with Gasteiger partial charge in [0.1, 0.15) is 11.6 Å². The molecule has 0 saturated heterocycles. The summed E-state index contributed by atoms with van der Waals surface area (Å²) in [5.74, 6) is 3.48. The Hall–Kier alpha value is -1.12. The first kappa shape index (κ1) is 9.13. The Morgan fingerprint density at radius 2 is 1.93 bits per heavy atom. The van der Waals surface area contributed by atoms with E-state index in [4.69, 9.17) is 0 Å². The fourth-order valence-electron chi connectivity index (χ4n) is 1.87. The first-order valence-corrected chi connectivity index (χ1v) is 5.99. The summed E-state index contributed by atoms with van der Waals surface area (Å²) in [6.45, 7) is 3.04. The first-order valence-electron chi connectivity index (χ1n) is 5.99. The van der Waals surface area contributed by atoms with Crippen LogP contribution in [0.2, 0.25) is 0 Å². The molecule has 3 nitrogen and oxygen atoms in total. The van der Waals surface area contributed by atoms with Crippen molar-refractivity contribution >= 4 is 5.82 Å². The molecule has 2 aliphatic rings. The van der Waals surface area contributed by atoms with Crippen LogP contribution in [0.3, 0.4) is 0 Å². The van der Waals surface area contributed by atoms with Crippen molar-refractivity contribution in [2.75, 3.05) is 11.9 Å². The quantitative estimate of drug-likeness (QED) is 0.817. The zero-order valence-electron chi connectivity index (χ0n) is 9.16. The van der Waals surface area contributed by atoms with Crippen LogP contribution in [0.1, 0.15) is 56.0 Å². The van der Waals surface area contributed by atoms with Gasteiger partial charge in [-0.05, 0) is 32.6 Å². The number of aromatic nitrogens is 2. The highest BCUT2D eigenvalue weighted by atomic mass is 15.0. The maximum atomic E-state index is 4.69. The Kier molecular flexibility index (Phi) is 2.11. The molecule has 2 fully saturated rings. The molecule has 1 N–H and O–H groups in total. The molecule has 0 amide bonds. The molecule has 0 unspecified atom stereocenters. The molecule has 80 valence electrons. The van der Waals surface area contributed by atoms with Gasteiger partial charge in [0.2, 0.25) is 0 Å². The Labute approximate surface area is 90.3 Å². The minimum absolute atomic E-state index is 0.654. The van der Waals surface area contributed by atoms with Crippen LogP contribution in [0.15, 0.2) is 6.07 Å². The Balaban J connectivity index is 1.92. The highest BCUT2D eigenvalue weighted by Gasteiger charge is 2.30. The second kappa shape index (κ2) is 3.47. The highest BCUT2D eigenvalue weighted by Crippen LogP contribution is 2.42. The van der Waals surface area contributed by atoms with Crippen molar-refractivity contribution < 1.29 is 0 Å². The summed E-state index contributed by atoms with van der Waals surface area (Å²) in [7, 11) is 0. The van der Waals surface area contributed by atoms with Crippen LogP contribution in [0, 0.1) is 0 Å². The van der Waals surface area contributed by atoms with E-state index >= 15 is 0 Å². The van der Waals surface area contributed by atoms with Gasteiger partial charge in [-0.25, -0.2) is 9.97 Å². The molecule has 2 saturated carbocycles. The normalized spacial score (nSPS) is 20.3. The van der Waals surface area contributed by atoms with Gasteiger partial charge in [0.05, 0.1) is 0 Å². The number of nitrogens with one attached hydrogen (secondary N) is 1. The van der Waals surface area contributed by atoms with Crippen LogP contribution in [-0.2, 0) is 0 Å². The molecule has 3 heteroatoms. The van der Waals surface area contributed by atoms with Gasteiger partial charge in [-0.1, -0.05) is 0 Å². The molecule has 0 radical (unpaired) electrons. The van der Waals surface area contributed by atoms with E-state index in [1.165, 1.54) is 31.4 Å². The monoisotopic (exact) mass is 203 g/mol. The number of hydrogen-bond acceptors (Lipinski definition) is 3. The number of hydrogen-bond donors (Lipinski definition) is 1. The van der Waals surface area contributed by atoms with Crippen LogP contribution in [0.25, 0.3) is 0 Å². The number of nitrogens with zero attached hydrogens (tertiary/aromatic N) is 2. The summed E-state index contributed by atoms with van der Waals surface area (Å²) in [6, 6.07) is 2.13. The zero-order chi connectivity index (χ0) is 10.3. The van der Waals surface area contributed by atoms with Crippen molar-refractivity contribution in [1.29, 1.82) is 0 Å². The molecule has 1 aromatic rings. The third kappa shape index (κ3) is 1.96. The van der Waals surface area contributed by atoms with E-state index in [9.17, 15) is 0 Å². The number of rotatable bonds is 4. The maximum absolute atomic E-state index is 4.69. The number of anilines is 1. The lowest BCUT2D eigenvalue weighted by Crippen LogP contribution is -2.05. The minimum Gasteiger partial charge on any atom is -0.370 e. The van der Waals surface area contributed by atoms with Crippen LogP contribution in [-0.4, -0.2) is 16.5 Å². The average Bonchev–Trinajstić information content (AvgIpc) is 3.10. The lowest BCUT2D eigenvalue weighted by molar-refractivity contribution is 0.872. The molecule has 0 spiro atoms. The lowest BCUT2D eigenvalue weighted by Gasteiger charge is -2.07. The summed E-state index contributed by atoms with van der Waals surface area (Å²) in [4.78, 5) is 9.26. The zero-order valence-corrected chi connectivity index (χ0v) is 9.16. The smallest absolute Gasteiger partial charge is 0.134 e. The summed E-state index contributed by atoms with van der Waals surface area (Å²) < 4.78 is 0. The van der Waals surface area contributed by atoms with Crippen molar-refractivity contribution in [3.8, 4) is 0 Å². The van der Waals surface area contributed by atoms with Crippen LogP contribution >= 0.6 is 0 Å². The van der Waals surface area contributed by atoms with Crippen molar-refractivity contribution in [3.05, 3.63) is 17.6 Å². The Morgan fingerprint density at radius 3 is 2.53 bits per heavy atom. The second-order valence-electron chi connectivity index (χ2n) is 4.62. The fraction of sp³-hybridized carbons (Fsp3) is 0.667. The van der Waals surface area contributed by atoms with Crippen molar-refractivity contribution in [2.24, 2.45) is 0 Å². The summed E-state index contributed by atoms with van der Waals surface area (Å²) >= 11 is 0. The SMILES string of the molecule is CCNc1cc(C2CC2)nc(C2CC2)n1. The molecule has 0 atom stereocenters. The van der Waals surface area contributed by atoms with E-state index < -0.39 is 0 Å². The maximum Gasteiger partial charge on any atom is 0.134 e. The molecule has 15 heavy (non-hydrogen) atoms. The van der Waals surface area contributed by atoms with Crippen LogP contribution < -0.4 is 5.32 Å². The largest absolute Gasteiger partial charge is 0.370 e. The van der Waals surface area contributed by atoms with E-state index in [0.717, 1.165) is 24.1 Å². The van der Waals surface area contributed by atoms with Crippen LogP contribution in [0.4, 0.5) is 5.82 Å². The van der Waals surface area contributed by atoms with Gasteiger partial charge >= 0.3 is 0 Å². The Morgan fingerprint density at radius 1 is 1.20 bits per heavy atom. The highest BCUT2D eigenvalue weighted by molar-refractivity contribution is 5.38. The van der Waals surface area contributed by atoms with E-state index in [1.807, 2.05) is 0 Å². The van der Waals surface area contributed by atoms with Gasteiger partial charge in [0, 0.05) is 30.1 Å². The van der Waals surface area contributed by atoms with E-state index in [0.29, 0.717) is 5.92 Å². The standard InChI is InChI=1S/C12H17N3/c1-2-13-11-7-10(8-3-4-8)14-12(15-11)9-5-6-9/h7-9H,2-6H2,1H3,(H,13,14,15). The molecule has 0 aliphatic heterocycles. The first-order chi connectivity index (χ1) is 7.36. The average molecular weight is 203 g/mol. The third-order valence-corrected chi connectivity index (χ3v) is 3.06. The molecule has 2 aliphatic carbocycles. The summed E-state index contributed by atoms with van der Waals surface area (Å²) in [5.41, 5.74) is 1.27. The minimum atomic E-state index is 0.654. The van der Waals surface area contributed by atoms with Gasteiger partial charge in [-0.2, -0.15) is 0 Å². The molecule has 1 aromatic heterocycles. The molecular weight excluding hydrogens is 186 g/mol. The predicted molar refractivity (Wildman–Crippen MR) is 60.1 cm³/mol. The summed E-state index contributed by atoms with van der Waals surface area (Å²) in [5, 5.41) is 3.30. The summed E-state index contributed by atoms with van der Waals surface area (Å²) in [6.07, 6.45) is 5.18. The molecule has 0 bridgehead atoms. The van der Waals surface area contributed by atoms with Gasteiger partial charge in [-0.15, -0.1) is 0 Å². The van der Waals surface area contributed by atoms with Gasteiger partial charge < -0.3 is 5.32 Å². The predicted octanol–water partition coefficient (Wildman–Crippen LogP) is 2.66. The lowest BCUT2D eigenvalue weighted by atomic mass is 10.2. The third-order valence-electron chi connectivity index (χ3n) is 3.06. The topological polar surface area (TPSA) is 37.8 Å².